The number of rotatable bonds is 4. The molecule has 0 heterocycles. The zero-order chi connectivity index (χ0) is 15.4. The molecule has 8 heteroatoms. The van der Waals surface area contributed by atoms with Gasteiger partial charge in [0.05, 0.1) is 4.92 Å². The summed E-state index contributed by atoms with van der Waals surface area (Å²) in [6, 6.07) is 2.30. The van der Waals surface area contributed by atoms with Crippen LogP contribution in [-0.2, 0) is 4.79 Å². The van der Waals surface area contributed by atoms with Gasteiger partial charge in [0, 0.05) is 20.2 Å². The Morgan fingerprint density at radius 3 is 2.50 bits per heavy atom. The maximum Gasteiger partial charge on any atom is 0.282 e. The van der Waals surface area contributed by atoms with E-state index in [-0.39, 0.29) is 17.2 Å². The lowest BCUT2D eigenvalue weighted by Gasteiger charge is -2.17. The van der Waals surface area contributed by atoms with E-state index in [0.717, 1.165) is 18.2 Å². The predicted octanol–water partition coefficient (Wildman–Crippen LogP) is 0.507. The third-order valence-corrected chi connectivity index (χ3v) is 2.58. The van der Waals surface area contributed by atoms with Crippen molar-refractivity contribution in [2.45, 2.75) is 13.0 Å². The number of nitrogens with one attached hydrogen (secondary N) is 1. The Kier molecular flexibility index (Phi) is 4.63. The summed E-state index contributed by atoms with van der Waals surface area (Å²) in [4.78, 5) is 35.0. The summed E-state index contributed by atoms with van der Waals surface area (Å²) < 4.78 is 0. The molecule has 0 aliphatic carbocycles. The van der Waals surface area contributed by atoms with E-state index >= 15 is 0 Å². The Morgan fingerprint density at radius 1 is 1.40 bits per heavy atom. The number of hydrogen-bond donors (Lipinski definition) is 2. The van der Waals surface area contributed by atoms with E-state index < -0.39 is 22.6 Å². The van der Waals surface area contributed by atoms with Crippen molar-refractivity contribution in [3.8, 4) is 5.75 Å². The van der Waals surface area contributed by atoms with Gasteiger partial charge in [-0.15, -0.1) is 0 Å². The molecule has 0 saturated heterocycles. The second-order valence-corrected chi connectivity index (χ2v) is 4.39. The van der Waals surface area contributed by atoms with Crippen LogP contribution in [0.15, 0.2) is 18.2 Å². The second kappa shape index (κ2) is 6.00. The van der Waals surface area contributed by atoms with Crippen molar-refractivity contribution < 1.29 is 19.6 Å². The number of carbonyl (C=O) groups excluding carboxylic acids is 2. The lowest BCUT2D eigenvalue weighted by Crippen LogP contribution is -2.44. The van der Waals surface area contributed by atoms with Gasteiger partial charge in [-0.05, 0) is 19.1 Å². The van der Waals surface area contributed by atoms with Gasteiger partial charge in [-0.1, -0.05) is 0 Å². The van der Waals surface area contributed by atoms with Gasteiger partial charge in [0.15, 0.2) is 0 Å². The molecule has 108 valence electrons. The van der Waals surface area contributed by atoms with Gasteiger partial charge in [-0.3, -0.25) is 19.7 Å². The minimum Gasteiger partial charge on any atom is -0.508 e. The molecule has 1 atom stereocenters. The molecule has 0 radical (unpaired) electrons. The molecular formula is C12H15N3O5. The topological polar surface area (TPSA) is 113 Å². The van der Waals surface area contributed by atoms with Gasteiger partial charge in [0.1, 0.15) is 17.4 Å². The van der Waals surface area contributed by atoms with Crippen molar-refractivity contribution in [3.05, 3.63) is 33.9 Å². The fraction of sp³-hybridized carbons (Fsp3) is 0.333. The summed E-state index contributed by atoms with van der Waals surface area (Å²) in [6.07, 6.45) is 0. The largest absolute Gasteiger partial charge is 0.508 e. The van der Waals surface area contributed by atoms with Crippen molar-refractivity contribution in [1.29, 1.82) is 0 Å². The Morgan fingerprint density at radius 2 is 2.00 bits per heavy atom. The first-order valence-corrected chi connectivity index (χ1v) is 5.73. The quantitative estimate of drug-likeness (QED) is 0.616. The van der Waals surface area contributed by atoms with Crippen LogP contribution < -0.4 is 5.32 Å². The molecule has 1 rings (SSSR count). The average Bonchev–Trinajstić information content (AvgIpc) is 2.36. The Hall–Kier alpha value is -2.64. The Labute approximate surface area is 115 Å². The number of hydrogen-bond acceptors (Lipinski definition) is 5. The van der Waals surface area contributed by atoms with Gasteiger partial charge in [0.25, 0.3) is 11.6 Å². The summed E-state index contributed by atoms with van der Waals surface area (Å²) in [7, 11) is 3.06. The number of nitro benzene ring substituents is 1. The minimum atomic E-state index is -0.834. The number of phenols is 1. The lowest BCUT2D eigenvalue weighted by atomic mass is 10.1. The third-order valence-electron chi connectivity index (χ3n) is 2.58. The fourth-order valence-corrected chi connectivity index (χ4v) is 1.59. The zero-order valence-corrected chi connectivity index (χ0v) is 11.3. The van der Waals surface area contributed by atoms with E-state index in [4.69, 9.17) is 0 Å². The summed E-state index contributed by atoms with van der Waals surface area (Å²) in [6.45, 7) is 1.47. The van der Waals surface area contributed by atoms with Crippen LogP contribution in [0.1, 0.15) is 17.3 Å². The molecule has 0 aliphatic rings. The van der Waals surface area contributed by atoms with E-state index in [1.807, 2.05) is 0 Å². The number of phenolic OH excluding ortho intramolecular Hbond substituents is 1. The van der Waals surface area contributed by atoms with Gasteiger partial charge in [-0.25, -0.2) is 0 Å². The molecular weight excluding hydrogens is 266 g/mol. The standard InChI is InChI=1S/C12H15N3O5/c1-7(12(18)14(2)3)13-11(17)9-6-8(16)4-5-10(9)15(19)20/h4-7,16H,1-3H3,(H,13,17). The number of likely N-dealkylation sites (N-methyl/N-ethyl adjacent to an activating group) is 1. The highest BCUT2D eigenvalue weighted by Crippen LogP contribution is 2.23. The van der Waals surface area contributed by atoms with Crippen LogP contribution in [0.2, 0.25) is 0 Å². The van der Waals surface area contributed by atoms with Crippen LogP contribution in [0.25, 0.3) is 0 Å². The molecule has 0 fully saturated rings. The van der Waals surface area contributed by atoms with Crippen molar-refractivity contribution in [1.82, 2.24) is 10.2 Å². The number of benzene rings is 1. The monoisotopic (exact) mass is 281 g/mol. The van der Waals surface area contributed by atoms with Crippen LogP contribution in [-0.4, -0.2) is 46.9 Å². The summed E-state index contributed by atoms with van der Waals surface area (Å²) in [5.74, 6) is -1.41. The molecule has 1 unspecified atom stereocenters. The molecule has 0 saturated carbocycles. The van der Waals surface area contributed by atoms with E-state index in [0.29, 0.717) is 0 Å². The van der Waals surface area contributed by atoms with Crippen LogP contribution in [0, 0.1) is 10.1 Å². The maximum atomic E-state index is 12.0. The van der Waals surface area contributed by atoms with Crippen LogP contribution in [0.5, 0.6) is 5.75 Å². The van der Waals surface area contributed by atoms with Crippen LogP contribution in [0.3, 0.4) is 0 Å². The molecule has 0 spiro atoms. The van der Waals surface area contributed by atoms with Crippen molar-refractivity contribution >= 4 is 17.5 Å². The Bertz CT molecular complexity index is 556. The minimum absolute atomic E-state index is 0.271. The molecule has 1 aromatic rings. The molecule has 0 bridgehead atoms. The molecule has 1 aromatic carbocycles. The summed E-state index contributed by atoms with van der Waals surface area (Å²) in [5, 5.41) is 22.5. The normalized spacial score (nSPS) is 11.6. The number of amides is 2. The second-order valence-electron chi connectivity index (χ2n) is 4.39. The first-order chi connectivity index (χ1) is 9.23. The number of carbonyl (C=O) groups is 2. The summed E-state index contributed by atoms with van der Waals surface area (Å²) in [5.41, 5.74) is -0.738. The van der Waals surface area contributed by atoms with Gasteiger partial charge in [-0.2, -0.15) is 0 Å². The Balaban J connectivity index is 3.01. The molecule has 8 nitrogen and oxygen atoms in total. The predicted molar refractivity (Wildman–Crippen MR) is 70.4 cm³/mol. The fourth-order valence-electron chi connectivity index (χ4n) is 1.59. The molecule has 0 aromatic heterocycles. The van der Waals surface area contributed by atoms with Gasteiger partial charge < -0.3 is 15.3 Å². The van der Waals surface area contributed by atoms with Crippen molar-refractivity contribution in [3.63, 3.8) is 0 Å². The highest BCUT2D eigenvalue weighted by Gasteiger charge is 2.24. The maximum absolute atomic E-state index is 12.0. The van der Waals surface area contributed by atoms with Crippen LogP contribution in [0.4, 0.5) is 5.69 Å². The molecule has 2 N–H and O–H groups in total. The van der Waals surface area contributed by atoms with E-state index in [1.54, 1.807) is 0 Å². The molecule has 20 heavy (non-hydrogen) atoms. The SMILES string of the molecule is CC(NC(=O)c1cc(O)ccc1[N+](=O)[O-])C(=O)N(C)C. The summed E-state index contributed by atoms with van der Waals surface area (Å²) >= 11 is 0. The van der Waals surface area contributed by atoms with Gasteiger partial charge in [0.2, 0.25) is 5.91 Å². The number of nitrogens with zero attached hydrogens (tertiary/aromatic N) is 2. The van der Waals surface area contributed by atoms with Gasteiger partial charge >= 0.3 is 0 Å². The third kappa shape index (κ3) is 3.44. The molecule has 0 aliphatic heterocycles. The van der Waals surface area contributed by atoms with Crippen molar-refractivity contribution in [2.24, 2.45) is 0 Å². The zero-order valence-electron chi connectivity index (χ0n) is 11.3. The van der Waals surface area contributed by atoms with E-state index in [2.05, 4.69) is 5.32 Å². The van der Waals surface area contributed by atoms with E-state index in [1.165, 1.54) is 25.9 Å². The number of aromatic hydroxyl groups is 1. The smallest absolute Gasteiger partial charge is 0.282 e. The number of nitro groups is 1. The first kappa shape index (κ1) is 15.4. The molecule has 2 amide bonds. The van der Waals surface area contributed by atoms with Crippen molar-refractivity contribution in [2.75, 3.05) is 14.1 Å². The highest BCUT2D eigenvalue weighted by molar-refractivity contribution is 6.00. The van der Waals surface area contributed by atoms with E-state index in [9.17, 15) is 24.8 Å². The highest BCUT2D eigenvalue weighted by atomic mass is 16.6. The average molecular weight is 281 g/mol. The lowest BCUT2D eigenvalue weighted by molar-refractivity contribution is -0.385. The van der Waals surface area contributed by atoms with Crippen LogP contribution >= 0.6 is 0 Å². The first-order valence-electron chi connectivity index (χ1n) is 5.73.